The van der Waals surface area contributed by atoms with Gasteiger partial charge in [-0.1, -0.05) is 6.92 Å². The number of hydrogen-bond donors (Lipinski definition) is 2. The molecule has 0 saturated carbocycles. The molecule has 0 aromatic rings. The molecule has 1 fully saturated rings. The van der Waals surface area contributed by atoms with Crippen LogP contribution in [0, 0.1) is 5.92 Å². The van der Waals surface area contributed by atoms with Crippen LogP contribution in [0.2, 0.25) is 0 Å². The zero-order chi connectivity index (χ0) is 15.0. The highest BCUT2D eigenvalue weighted by atomic mass is 32.2. The fraction of sp³-hybridized carbons (Fsp3) is 0.923. The molecule has 0 aromatic carbocycles. The summed E-state index contributed by atoms with van der Waals surface area (Å²) >= 11 is 0. The predicted molar refractivity (Wildman–Crippen MR) is 80.2 cm³/mol. The number of likely N-dealkylation sites (tertiary alicyclic amines) is 1. The van der Waals surface area contributed by atoms with Crippen LogP contribution in [0.4, 0.5) is 0 Å². The fourth-order valence-corrected chi connectivity index (χ4v) is 3.86. The molecule has 6 nitrogen and oxygen atoms in total. The van der Waals surface area contributed by atoms with Gasteiger partial charge in [-0.05, 0) is 25.8 Å². The summed E-state index contributed by atoms with van der Waals surface area (Å²) in [6.07, 6.45) is 2.47. The van der Waals surface area contributed by atoms with Crippen molar-refractivity contribution in [2.24, 2.45) is 11.7 Å². The second kappa shape index (κ2) is 8.59. The monoisotopic (exact) mass is 305 g/mol. The number of piperidine rings is 1. The summed E-state index contributed by atoms with van der Waals surface area (Å²) in [7, 11) is -2.94. The van der Waals surface area contributed by atoms with E-state index < -0.39 is 9.84 Å². The molecule has 1 aliphatic heterocycles. The summed E-state index contributed by atoms with van der Waals surface area (Å²) in [5, 5.41) is 2.81. The molecule has 0 radical (unpaired) electrons. The van der Waals surface area contributed by atoms with Crippen molar-refractivity contribution in [3.05, 3.63) is 0 Å². The lowest BCUT2D eigenvalue weighted by Crippen LogP contribution is -2.45. The Labute approximate surface area is 122 Å². The van der Waals surface area contributed by atoms with Crippen molar-refractivity contribution >= 4 is 15.7 Å². The largest absolute Gasteiger partial charge is 0.355 e. The molecule has 0 spiro atoms. The third kappa shape index (κ3) is 6.19. The van der Waals surface area contributed by atoms with Gasteiger partial charge in [-0.25, -0.2) is 8.42 Å². The summed E-state index contributed by atoms with van der Waals surface area (Å²) in [5.41, 5.74) is 5.37. The Hall–Kier alpha value is -0.660. The lowest BCUT2D eigenvalue weighted by molar-refractivity contribution is -0.126. The van der Waals surface area contributed by atoms with Crippen LogP contribution in [0.25, 0.3) is 0 Å². The van der Waals surface area contributed by atoms with Crippen LogP contribution in [0.3, 0.4) is 0 Å². The maximum absolute atomic E-state index is 11.9. The lowest BCUT2D eigenvalue weighted by atomic mass is 9.97. The minimum atomic E-state index is -2.94. The van der Waals surface area contributed by atoms with Crippen molar-refractivity contribution in [2.45, 2.75) is 26.2 Å². The molecular formula is C13H27N3O3S. The second-order valence-electron chi connectivity index (χ2n) is 5.37. The van der Waals surface area contributed by atoms with Crippen LogP contribution < -0.4 is 11.1 Å². The van der Waals surface area contributed by atoms with E-state index in [1.165, 1.54) is 0 Å². The highest BCUT2D eigenvalue weighted by Crippen LogP contribution is 2.16. The summed E-state index contributed by atoms with van der Waals surface area (Å²) in [6, 6.07) is 0. The van der Waals surface area contributed by atoms with E-state index in [2.05, 4.69) is 10.2 Å². The van der Waals surface area contributed by atoms with Crippen LogP contribution in [0.1, 0.15) is 26.2 Å². The van der Waals surface area contributed by atoms with Crippen molar-refractivity contribution in [1.29, 1.82) is 0 Å². The first-order valence-electron chi connectivity index (χ1n) is 7.39. The van der Waals surface area contributed by atoms with Crippen molar-refractivity contribution < 1.29 is 13.2 Å². The van der Waals surface area contributed by atoms with E-state index in [0.717, 1.165) is 19.4 Å². The van der Waals surface area contributed by atoms with Gasteiger partial charge in [0.1, 0.15) is 0 Å². The van der Waals surface area contributed by atoms with Gasteiger partial charge in [-0.2, -0.15) is 0 Å². The van der Waals surface area contributed by atoms with Gasteiger partial charge in [0.05, 0.1) is 11.7 Å². The first kappa shape index (κ1) is 17.4. The second-order valence-corrected chi connectivity index (χ2v) is 7.67. The Balaban J connectivity index is 2.39. The Kier molecular flexibility index (Phi) is 7.47. The Morgan fingerprint density at radius 1 is 1.40 bits per heavy atom. The molecule has 3 N–H and O–H groups in total. The predicted octanol–water partition coefficient (Wildman–Crippen LogP) is -0.402. The van der Waals surface area contributed by atoms with Crippen LogP contribution in [0.5, 0.6) is 0 Å². The standard InChI is InChI=1S/C13H27N3O3S/c1-2-9-20(18,19)10-8-16-7-3-4-12(11-16)13(17)15-6-5-14/h12H,2-11,14H2,1H3,(H,15,17). The number of nitrogens with zero attached hydrogens (tertiary/aromatic N) is 1. The number of carbonyl (C=O) groups is 1. The maximum atomic E-state index is 11.9. The van der Waals surface area contributed by atoms with Crippen molar-refractivity contribution in [2.75, 3.05) is 44.2 Å². The molecule has 0 aliphatic carbocycles. The Morgan fingerprint density at radius 3 is 2.80 bits per heavy atom. The number of amides is 1. The summed E-state index contributed by atoms with van der Waals surface area (Å²) in [5.74, 6) is 0.444. The van der Waals surface area contributed by atoms with Gasteiger partial charge < -0.3 is 16.0 Å². The van der Waals surface area contributed by atoms with Crippen molar-refractivity contribution in [1.82, 2.24) is 10.2 Å². The average molecular weight is 305 g/mol. The minimum absolute atomic E-state index is 0.0378. The number of nitrogens with two attached hydrogens (primary N) is 1. The normalized spacial score (nSPS) is 20.8. The van der Waals surface area contributed by atoms with E-state index in [4.69, 9.17) is 5.73 Å². The topological polar surface area (TPSA) is 92.5 Å². The smallest absolute Gasteiger partial charge is 0.224 e. The third-order valence-electron chi connectivity index (χ3n) is 3.55. The highest BCUT2D eigenvalue weighted by molar-refractivity contribution is 7.91. The first-order chi connectivity index (χ1) is 9.48. The summed E-state index contributed by atoms with van der Waals surface area (Å²) in [6.45, 7) is 4.87. The number of hydrogen-bond acceptors (Lipinski definition) is 5. The van der Waals surface area contributed by atoms with Gasteiger partial charge >= 0.3 is 0 Å². The zero-order valence-corrected chi connectivity index (χ0v) is 13.1. The van der Waals surface area contributed by atoms with E-state index in [0.29, 0.717) is 32.6 Å². The Morgan fingerprint density at radius 2 is 2.15 bits per heavy atom. The van der Waals surface area contributed by atoms with E-state index in [-0.39, 0.29) is 23.3 Å². The maximum Gasteiger partial charge on any atom is 0.224 e. The third-order valence-corrected chi connectivity index (χ3v) is 5.39. The van der Waals surface area contributed by atoms with Gasteiger partial charge in [0.15, 0.2) is 9.84 Å². The van der Waals surface area contributed by atoms with Gasteiger partial charge in [-0.15, -0.1) is 0 Å². The SMILES string of the molecule is CCCS(=O)(=O)CCN1CCCC(C(=O)NCCN)C1. The lowest BCUT2D eigenvalue weighted by Gasteiger charge is -2.31. The van der Waals surface area contributed by atoms with Gasteiger partial charge in [0.25, 0.3) is 0 Å². The molecule has 118 valence electrons. The van der Waals surface area contributed by atoms with E-state index in [1.807, 2.05) is 6.92 Å². The molecule has 1 saturated heterocycles. The number of carbonyl (C=O) groups excluding carboxylic acids is 1. The minimum Gasteiger partial charge on any atom is -0.355 e. The van der Waals surface area contributed by atoms with E-state index >= 15 is 0 Å². The van der Waals surface area contributed by atoms with Gasteiger partial charge in [-0.3, -0.25) is 4.79 Å². The number of rotatable bonds is 8. The number of sulfone groups is 1. The molecule has 1 amide bonds. The van der Waals surface area contributed by atoms with E-state index in [9.17, 15) is 13.2 Å². The van der Waals surface area contributed by atoms with E-state index in [1.54, 1.807) is 0 Å². The molecule has 1 atom stereocenters. The quantitative estimate of drug-likeness (QED) is 0.636. The van der Waals surface area contributed by atoms with Crippen molar-refractivity contribution in [3.8, 4) is 0 Å². The number of nitrogens with one attached hydrogen (secondary N) is 1. The first-order valence-corrected chi connectivity index (χ1v) is 9.21. The van der Waals surface area contributed by atoms with Crippen LogP contribution in [0.15, 0.2) is 0 Å². The van der Waals surface area contributed by atoms with Crippen LogP contribution >= 0.6 is 0 Å². The average Bonchev–Trinajstić information content (AvgIpc) is 2.43. The fourth-order valence-electron chi connectivity index (χ4n) is 2.49. The summed E-state index contributed by atoms with van der Waals surface area (Å²) < 4.78 is 23.4. The molecule has 0 bridgehead atoms. The Bertz CT molecular complexity index is 398. The molecule has 20 heavy (non-hydrogen) atoms. The molecule has 1 heterocycles. The molecule has 1 unspecified atom stereocenters. The van der Waals surface area contributed by atoms with Gasteiger partial charge in [0, 0.05) is 31.9 Å². The van der Waals surface area contributed by atoms with Crippen LogP contribution in [-0.2, 0) is 14.6 Å². The molecular weight excluding hydrogens is 278 g/mol. The molecule has 1 rings (SSSR count). The summed E-state index contributed by atoms with van der Waals surface area (Å²) in [4.78, 5) is 14.0. The molecule has 1 aliphatic rings. The zero-order valence-electron chi connectivity index (χ0n) is 12.3. The van der Waals surface area contributed by atoms with Crippen molar-refractivity contribution in [3.63, 3.8) is 0 Å². The van der Waals surface area contributed by atoms with Gasteiger partial charge in [0.2, 0.25) is 5.91 Å². The highest BCUT2D eigenvalue weighted by Gasteiger charge is 2.26. The van der Waals surface area contributed by atoms with Crippen LogP contribution in [-0.4, -0.2) is 63.5 Å². The molecule has 0 aromatic heterocycles. The molecule has 7 heteroatoms.